The van der Waals surface area contributed by atoms with Crippen molar-refractivity contribution < 1.29 is 28.6 Å². The van der Waals surface area contributed by atoms with Gasteiger partial charge in [0.25, 0.3) is 5.91 Å². The number of esters is 1. The first-order valence-electron chi connectivity index (χ1n) is 17.0. The summed E-state index contributed by atoms with van der Waals surface area (Å²) in [6.07, 6.45) is 5.17. The third-order valence-corrected chi connectivity index (χ3v) is 9.35. The molecule has 4 rings (SSSR count). The summed E-state index contributed by atoms with van der Waals surface area (Å²) in [4.78, 5) is 54.9. The van der Waals surface area contributed by atoms with Gasteiger partial charge >= 0.3 is 12.1 Å². The molecule has 3 heterocycles. The number of hydrogen-bond acceptors (Lipinski definition) is 13. The summed E-state index contributed by atoms with van der Waals surface area (Å²) in [5.74, 6) is 2.11. The van der Waals surface area contributed by atoms with Crippen LogP contribution in [0.5, 0.6) is 0 Å². The van der Waals surface area contributed by atoms with Crippen molar-refractivity contribution in [1.82, 2.24) is 25.2 Å². The van der Waals surface area contributed by atoms with Crippen molar-refractivity contribution >= 4 is 75.0 Å². The minimum Gasteiger partial charge on any atom is -0.463 e. The number of thiazole rings is 1. The average molecular weight is 766 g/mol. The summed E-state index contributed by atoms with van der Waals surface area (Å²) in [7, 11) is 0. The van der Waals surface area contributed by atoms with Crippen LogP contribution in [-0.2, 0) is 19.0 Å². The lowest BCUT2D eigenvalue weighted by molar-refractivity contribution is -0.145. The summed E-state index contributed by atoms with van der Waals surface area (Å²) >= 11 is 13.1. The van der Waals surface area contributed by atoms with E-state index in [1.165, 1.54) is 17.5 Å². The molecule has 2 amide bonds. The van der Waals surface area contributed by atoms with E-state index >= 15 is 0 Å². The van der Waals surface area contributed by atoms with Gasteiger partial charge in [0.05, 0.1) is 30.1 Å². The first kappa shape index (κ1) is 40.0. The number of aromatic nitrogens is 3. The number of amides is 2. The third kappa shape index (κ3) is 14.1. The molecule has 1 saturated heterocycles. The van der Waals surface area contributed by atoms with E-state index in [9.17, 15) is 14.4 Å². The topological polar surface area (TPSA) is 160 Å². The maximum Gasteiger partial charge on any atom is 0.407 e. The molecule has 3 N–H and O–H groups in total. The molecule has 2 aromatic heterocycles. The number of hydrogen-bond donors (Lipinski definition) is 3. The number of alkyl carbamates (subject to hydrolysis) is 1. The lowest BCUT2D eigenvalue weighted by Crippen LogP contribution is -2.48. The largest absolute Gasteiger partial charge is 0.463 e. The minimum absolute atomic E-state index is 0.189. The SMILES string of the molecule is Cc1nc(Nc2ncc(C(=O)Nc3c(C)cccc3Cl)s2)cc(N2CCN(CCOC(=O)NCCOCCOC(=O)CCCCCCCl)CC2)n1. The van der Waals surface area contributed by atoms with E-state index in [1.807, 2.05) is 32.0 Å². The fourth-order valence-corrected chi connectivity index (χ4v) is 6.32. The molecule has 0 atom stereocenters. The third-order valence-electron chi connectivity index (χ3n) is 7.86. The Hall–Kier alpha value is -3.76. The van der Waals surface area contributed by atoms with Crippen LogP contribution in [0.2, 0.25) is 5.02 Å². The summed E-state index contributed by atoms with van der Waals surface area (Å²) in [5, 5.41) is 9.74. The van der Waals surface area contributed by atoms with Crippen molar-refractivity contribution in [2.75, 3.05) is 87.1 Å². The number of piperazine rings is 1. The lowest BCUT2D eigenvalue weighted by atomic mass is 10.1. The summed E-state index contributed by atoms with van der Waals surface area (Å²) in [6, 6.07) is 7.31. The van der Waals surface area contributed by atoms with Crippen molar-refractivity contribution in [3.63, 3.8) is 0 Å². The molecule has 3 aromatic rings. The zero-order valence-corrected chi connectivity index (χ0v) is 31.4. The molecular weight excluding hydrogens is 719 g/mol. The molecule has 51 heavy (non-hydrogen) atoms. The molecule has 278 valence electrons. The molecule has 1 aliphatic rings. The molecular formula is C34H46Cl2N8O6S. The summed E-state index contributed by atoms with van der Waals surface area (Å²) in [6.45, 7) is 8.67. The van der Waals surface area contributed by atoms with E-state index in [2.05, 4.69) is 40.7 Å². The Balaban J connectivity index is 1.09. The van der Waals surface area contributed by atoms with Crippen LogP contribution in [0.25, 0.3) is 0 Å². The first-order chi connectivity index (χ1) is 24.7. The number of carbonyl (C=O) groups excluding carboxylic acids is 3. The molecule has 1 aromatic carbocycles. The highest BCUT2D eigenvalue weighted by Crippen LogP contribution is 2.28. The molecule has 1 fully saturated rings. The quantitative estimate of drug-likeness (QED) is 0.0723. The predicted molar refractivity (Wildman–Crippen MR) is 200 cm³/mol. The normalized spacial score (nSPS) is 13.1. The number of nitrogens with one attached hydrogen (secondary N) is 3. The van der Waals surface area contributed by atoms with E-state index in [1.54, 1.807) is 6.07 Å². The Morgan fingerprint density at radius 3 is 2.55 bits per heavy atom. The van der Waals surface area contributed by atoms with Gasteiger partial charge in [-0.15, -0.1) is 11.6 Å². The van der Waals surface area contributed by atoms with Crippen LogP contribution in [0.15, 0.2) is 30.5 Å². The van der Waals surface area contributed by atoms with Crippen molar-refractivity contribution in [3.05, 3.63) is 51.7 Å². The van der Waals surface area contributed by atoms with Gasteiger partial charge in [-0.3, -0.25) is 14.5 Å². The van der Waals surface area contributed by atoms with Gasteiger partial charge in [-0.2, -0.15) is 0 Å². The number of halogens is 2. The Kier molecular flexibility index (Phi) is 16.9. The highest BCUT2D eigenvalue weighted by Gasteiger charge is 2.20. The monoisotopic (exact) mass is 764 g/mol. The number of nitrogens with zero attached hydrogens (tertiary/aromatic N) is 5. The number of ether oxygens (including phenoxy) is 3. The smallest absolute Gasteiger partial charge is 0.407 e. The highest BCUT2D eigenvalue weighted by molar-refractivity contribution is 7.17. The molecule has 0 radical (unpaired) electrons. The van der Waals surface area contributed by atoms with Crippen molar-refractivity contribution in [2.24, 2.45) is 0 Å². The van der Waals surface area contributed by atoms with Crippen LogP contribution >= 0.6 is 34.5 Å². The molecule has 17 heteroatoms. The number of benzene rings is 1. The number of unbranched alkanes of at least 4 members (excludes halogenated alkanes) is 3. The van der Waals surface area contributed by atoms with Crippen LogP contribution in [0, 0.1) is 13.8 Å². The van der Waals surface area contributed by atoms with Gasteiger partial charge in [0.1, 0.15) is 35.6 Å². The van der Waals surface area contributed by atoms with Gasteiger partial charge in [-0.05, 0) is 38.3 Å². The summed E-state index contributed by atoms with van der Waals surface area (Å²) < 4.78 is 15.9. The van der Waals surface area contributed by atoms with Crippen LogP contribution in [0.1, 0.15) is 53.2 Å². The maximum atomic E-state index is 12.9. The fourth-order valence-electron chi connectivity index (χ4n) is 5.14. The number of aryl methyl sites for hydroxylation is 2. The van der Waals surface area contributed by atoms with Crippen LogP contribution in [0.3, 0.4) is 0 Å². The maximum absolute atomic E-state index is 12.9. The van der Waals surface area contributed by atoms with E-state index < -0.39 is 6.09 Å². The molecule has 0 spiro atoms. The second-order valence-electron chi connectivity index (χ2n) is 11.8. The molecule has 0 aliphatic carbocycles. The standard InChI is InChI=1S/C34H46Cl2N8O6S/c1-24-8-7-9-26(36)31(24)42-32(46)27-23-38-33(51-27)41-28-22-29(40-25(2)39-28)44-15-13-43(14-16-44)17-19-50-34(47)37-12-18-48-20-21-49-30(45)10-5-3-4-6-11-35/h7-9,22-23H,3-6,10-21H2,1-2H3,(H,37,47)(H,42,46)(H,38,39,40,41). The van der Waals surface area contributed by atoms with E-state index in [0.717, 1.165) is 63.2 Å². The molecule has 0 saturated carbocycles. The summed E-state index contributed by atoms with van der Waals surface area (Å²) in [5.41, 5.74) is 1.45. The second kappa shape index (κ2) is 21.6. The highest BCUT2D eigenvalue weighted by atomic mass is 35.5. The Morgan fingerprint density at radius 2 is 1.76 bits per heavy atom. The van der Waals surface area contributed by atoms with Gasteiger partial charge in [0.2, 0.25) is 0 Å². The second-order valence-corrected chi connectivity index (χ2v) is 13.6. The van der Waals surface area contributed by atoms with E-state index in [0.29, 0.717) is 64.4 Å². The Labute approximate surface area is 312 Å². The number of carbonyl (C=O) groups is 3. The average Bonchev–Trinajstić information content (AvgIpc) is 3.58. The van der Waals surface area contributed by atoms with Gasteiger partial charge in [-0.25, -0.2) is 19.7 Å². The van der Waals surface area contributed by atoms with Gasteiger partial charge in [0, 0.05) is 57.6 Å². The van der Waals surface area contributed by atoms with Gasteiger partial charge < -0.3 is 35.1 Å². The Morgan fingerprint density at radius 1 is 0.961 bits per heavy atom. The molecule has 14 nitrogen and oxygen atoms in total. The van der Waals surface area contributed by atoms with Crippen LogP contribution < -0.4 is 20.9 Å². The zero-order valence-electron chi connectivity index (χ0n) is 29.1. The van der Waals surface area contributed by atoms with E-state index in [4.69, 9.17) is 37.4 Å². The van der Waals surface area contributed by atoms with Crippen LogP contribution in [-0.4, -0.2) is 109 Å². The minimum atomic E-state index is -0.502. The number of alkyl halides is 1. The molecule has 0 unspecified atom stereocenters. The van der Waals surface area contributed by atoms with Crippen molar-refractivity contribution in [1.29, 1.82) is 0 Å². The van der Waals surface area contributed by atoms with Crippen molar-refractivity contribution in [2.45, 2.75) is 46.0 Å². The fraction of sp³-hybridized carbons (Fsp3) is 0.529. The Bertz CT molecular complexity index is 1550. The number of rotatable bonds is 20. The van der Waals surface area contributed by atoms with E-state index in [-0.39, 0.29) is 31.7 Å². The predicted octanol–water partition coefficient (Wildman–Crippen LogP) is 5.80. The van der Waals surface area contributed by atoms with Gasteiger partial charge in [-0.1, -0.05) is 47.9 Å². The van der Waals surface area contributed by atoms with Crippen LogP contribution in [0.4, 0.5) is 27.2 Å². The molecule has 1 aliphatic heterocycles. The molecule has 0 bridgehead atoms. The first-order valence-corrected chi connectivity index (χ1v) is 18.8. The number of para-hydroxylation sites is 1. The van der Waals surface area contributed by atoms with Crippen molar-refractivity contribution in [3.8, 4) is 0 Å². The number of anilines is 4. The van der Waals surface area contributed by atoms with Gasteiger partial charge in [0.15, 0.2) is 5.13 Å². The lowest BCUT2D eigenvalue weighted by Gasteiger charge is -2.35. The zero-order chi connectivity index (χ0) is 36.4.